The van der Waals surface area contributed by atoms with E-state index in [2.05, 4.69) is 20.9 Å². The average Bonchev–Trinajstić information content (AvgIpc) is 3.35. The number of aromatic nitrogens is 2. The number of carboxylic acid groups (broad SMARTS) is 1. The monoisotopic (exact) mass is 524 g/mol. The third-order valence-corrected chi connectivity index (χ3v) is 6.51. The van der Waals surface area contributed by atoms with E-state index in [1.807, 2.05) is 18.2 Å². The van der Waals surface area contributed by atoms with E-state index in [1.54, 1.807) is 23.9 Å². The lowest BCUT2D eigenvalue weighted by Crippen LogP contribution is -2.15. The molecule has 0 spiro atoms. The van der Waals surface area contributed by atoms with Crippen molar-refractivity contribution in [1.29, 1.82) is 0 Å². The summed E-state index contributed by atoms with van der Waals surface area (Å²) in [6, 6.07) is 12.4. The van der Waals surface area contributed by atoms with Gasteiger partial charge in [0.05, 0.1) is 23.2 Å². The standard InChI is InChI=1S/C22H16BrF3N2O3S/c1-12(14-4-2-3-5-15(14)22(24,25)26)10-31-18-9-19(32-20(18)21(29)30)28-11-27-16-8-13(23)6-7-17(16)28/h2-9,11-12H,10H2,1H3,(H,29,30)/t12-/m0/s1. The first kappa shape index (κ1) is 22.3. The van der Waals surface area contributed by atoms with E-state index in [9.17, 15) is 23.1 Å². The van der Waals surface area contributed by atoms with Gasteiger partial charge in [0.2, 0.25) is 0 Å². The van der Waals surface area contributed by atoms with Crippen LogP contribution in [0.1, 0.15) is 33.6 Å². The van der Waals surface area contributed by atoms with Crippen molar-refractivity contribution >= 4 is 44.3 Å². The summed E-state index contributed by atoms with van der Waals surface area (Å²) in [7, 11) is 0. The van der Waals surface area contributed by atoms with Crippen LogP contribution in [0.5, 0.6) is 5.75 Å². The van der Waals surface area contributed by atoms with Gasteiger partial charge in [-0.25, -0.2) is 9.78 Å². The van der Waals surface area contributed by atoms with E-state index in [0.717, 1.165) is 32.9 Å². The van der Waals surface area contributed by atoms with Crippen LogP contribution in [0.2, 0.25) is 0 Å². The number of hydrogen-bond donors (Lipinski definition) is 1. The number of carbonyl (C=O) groups is 1. The molecule has 5 nitrogen and oxygen atoms in total. The number of aromatic carboxylic acids is 1. The molecule has 166 valence electrons. The fourth-order valence-corrected chi connectivity index (χ4v) is 4.66. The summed E-state index contributed by atoms with van der Waals surface area (Å²) < 4.78 is 48.3. The van der Waals surface area contributed by atoms with Crippen molar-refractivity contribution in [3.63, 3.8) is 0 Å². The Morgan fingerprint density at radius 1 is 1.25 bits per heavy atom. The topological polar surface area (TPSA) is 64.4 Å². The van der Waals surface area contributed by atoms with Crippen molar-refractivity contribution < 1.29 is 27.8 Å². The molecule has 0 bridgehead atoms. The number of fused-ring (bicyclic) bond motifs is 1. The lowest BCUT2D eigenvalue weighted by molar-refractivity contribution is -0.138. The molecular formula is C22H16BrF3N2O3S. The molecule has 0 unspecified atom stereocenters. The van der Waals surface area contributed by atoms with Crippen molar-refractivity contribution in [1.82, 2.24) is 9.55 Å². The van der Waals surface area contributed by atoms with Crippen molar-refractivity contribution in [2.75, 3.05) is 6.61 Å². The molecule has 0 saturated heterocycles. The predicted molar refractivity (Wildman–Crippen MR) is 119 cm³/mol. The first-order chi connectivity index (χ1) is 15.1. The predicted octanol–water partition coefficient (Wildman–Crippen LogP) is 6.75. The maximum Gasteiger partial charge on any atom is 0.416 e. The molecule has 0 fully saturated rings. The van der Waals surface area contributed by atoms with Gasteiger partial charge in [0, 0.05) is 16.5 Å². The van der Waals surface area contributed by atoms with E-state index in [4.69, 9.17) is 4.74 Å². The molecular weight excluding hydrogens is 509 g/mol. The Hall–Kier alpha value is -2.85. The van der Waals surface area contributed by atoms with Crippen LogP contribution in [0, 0.1) is 0 Å². The molecule has 32 heavy (non-hydrogen) atoms. The van der Waals surface area contributed by atoms with E-state index in [1.165, 1.54) is 18.2 Å². The first-order valence-electron chi connectivity index (χ1n) is 9.44. The van der Waals surface area contributed by atoms with Crippen LogP contribution in [0.4, 0.5) is 13.2 Å². The molecule has 2 aromatic heterocycles. The molecule has 0 aliphatic heterocycles. The smallest absolute Gasteiger partial charge is 0.416 e. The molecule has 1 atom stereocenters. The molecule has 2 heterocycles. The number of ether oxygens (including phenoxy) is 1. The molecule has 2 aromatic carbocycles. The summed E-state index contributed by atoms with van der Waals surface area (Å²) >= 11 is 4.39. The second-order valence-electron chi connectivity index (χ2n) is 7.13. The molecule has 4 rings (SSSR count). The number of benzene rings is 2. The number of nitrogens with zero attached hydrogens (tertiary/aromatic N) is 2. The summed E-state index contributed by atoms with van der Waals surface area (Å²) in [5, 5.41) is 10.2. The maximum atomic E-state index is 13.3. The van der Waals surface area contributed by atoms with Gasteiger partial charge in [0.15, 0.2) is 4.88 Å². The van der Waals surface area contributed by atoms with Gasteiger partial charge in [-0.05, 0) is 29.8 Å². The van der Waals surface area contributed by atoms with Crippen LogP contribution in [0.15, 0.2) is 59.3 Å². The van der Waals surface area contributed by atoms with Crippen molar-refractivity contribution in [2.24, 2.45) is 0 Å². The number of imidazole rings is 1. The van der Waals surface area contributed by atoms with Gasteiger partial charge >= 0.3 is 12.1 Å². The highest BCUT2D eigenvalue weighted by Gasteiger charge is 2.34. The molecule has 0 aliphatic rings. The summed E-state index contributed by atoms with van der Waals surface area (Å²) in [4.78, 5) is 16.1. The fourth-order valence-electron chi connectivity index (χ4n) is 3.39. The SMILES string of the molecule is C[C@@H](COc1cc(-n2cnc3cc(Br)ccc32)sc1C(=O)O)c1ccccc1C(F)(F)F. The highest BCUT2D eigenvalue weighted by atomic mass is 79.9. The van der Waals surface area contributed by atoms with Crippen LogP contribution in [-0.4, -0.2) is 27.2 Å². The zero-order valence-electron chi connectivity index (χ0n) is 16.6. The van der Waals surface area contributed by atoms with Crippen molar-refractivity contribution in [2.45, 2.75) is 19.0 Å². The van der Waals surface area contributed by atoms with Crippen molar-refractivity contribution in [3.8, 4) is 10.8 Å². The Labute approximate surface area is 193 Å². The minimum atomic E-state index is -4.48. The third-order valence-electron chi connectivity index (χ3n) is 4.91. The zero-order chi connectivity index (χ0) is 23.0. The number of rotatable bonds is 6. The van der Waals surface area contributed by atoms with Crippen LogP contribution >= 0.6 is 27.3 Å². The van der Waals surface area contributed by atoms with Crippen LogP contribution < -0.4 is 4.74 Å². The number of thiophene rings is 1. The third kappa shape index (κ3) is 4.37. The number of hydrogen-bond acceptors (Lipinski definition) is 4. The van der Waals surface area contributed by atoms with Crippen LogP contribution in [0.25, 0.3) is 16.0 Å². The highest BCUT2D eigenvalue weighted by Crippen LogP contribution is 2.37. The summed E-state index contributed by atoms with van der Waals surface area (Å²) in [5.41, 5.74) is 0.880. The second-order valence-corrected chi connectivity index (χ2v) is 9.07. The number of carboxylic acids is 1. The molecule has 0 radical (unpaired) electrons. The van der Waals surface area contributed by atoms with Gasteiger partial charge in [-0.3, -0.25) is 4.57 Å². The van der Waals surface area contributed by atoms with Gasteiger partial charge < -0.3 is 9.84 Å². The van der Waals surface area contributed by atoms with Gasteiger partial charge in [-0.15, -0.1) is 11.3 Å². The average molecular weight is 525 g/mol. The second kappa shape index (κ2) is 8.59. The molecule has 10 heteroatoms. The Morgan fingerprint density at radius 3 is 2.72 bits per heavy atom. The summed E-state index contributed by atoms with van der Waals surface area (Å²) in [6.45, 7) is 1.50. The number of alkyl halides is 3. The maximum absolute atomic E-state index is 13.3. The van der Waals surface area contributed by atoms with Crippen LogP contribution in [-0.2, 0) is 6.18 Å². The molecule has 0 amide bonds. The largest absolute Gasteiger partial charge is 0.491 e. The fraction of sp³-hybridized carbons (Fsp3) is 0.182. The quantitative estimate of drug-likeness (QED) is 0.303. The molecule has 1 N–H and O–H groups in total. The van der Waals surface area contributed by atoms with Crippen LogP contribution in [0.3, 0.4) is 0 Å². The van der Waals surface area contributed by atoms with Gasteiger partial charge in [-0.2, -0.15) is 13.2 Å². The lowest BCUT2D eigenvalue weighted by Gasteiger charge is -2.18. The Morgan fingerprint density at radius 2 is 2.00 bits per heavy atom. The Balaban J connectivity index is 1.62. The van der Waals surface area contributed by atoms with E-state index >= 15 is 0 Å². The first-order valence-corrected chi connectivity index (χ1v) is 11.0. The normalized spacial score (nSPS) is 12.8. The van der Waals surface area contributed by atoms with E-state index in [-0.39, 0.29) is 22.8 Å². The summed E-state index contributed by atoms with van der Waals surface area (Å²) in [6.07, 6.45) is -2.90. The van der Waals surface area contributed by atoms with E-state index < -0.39 is 23.6 Å². The Kier molecular flexibility index (Phi) is 6.00. The summed E-state index contributed by atoms with van der Waals surface area (Å²) in [5.74, 6) is -1.68. The minimum Gasteiger partial charge on any atom is -0.491 e. The van der Waals surface area contributed by atoms with Gasteiger partial charge in [0.1, 0.15) is 17.1 Å². The Bertz CT molecular complexity index is 1300. The van der Waals surface area contributed by atoms with E-state index in [0.29, 0.717) is 5.00 Å². The minimum absolute atomic E-state index is 0.0322. The van der Waals surface area contributed by atoms with Gasteiger partial charge in [0.25, 0.3) is 0 Å². The number of halogens is 4. The molecule has 0 aliphatic carbocycles. The molecule has 0 saturated carbocycles. The molecule has 4 aromatic rings. The zero-order valence-corrected chi connectivity index (χ0v) is 19.0. The van der Waals surface area contributed by atoms with Gasteiger partial charge in [-0.1, -0.05) is 41.1 Å². The van der Waals surface area contributed by atoms with Crippen molar-refractivity contribution in [3.05, 3.63) is 75.3 Å². The highest BCUT2D eigenvalue weighted by molar-refractivity contribution is 9.10. The lowest BCUT2D eigenvalue weighted by atomic mass is 9.96.